The number of hydrogen-bond donors (Lipinski definition) is 1. The molecule has 0 amide bonds. The van der Waals surface area contributed by atoms with E-state index in [9.17, 15) is 0 Å². The lowest BCUT2D eigenvalue weighted by molar-refractivity contribution is 0.523. The van der Waals surface area contributed by atoms with Crippen molar-refractivity contribution < 1.29 is 0 Å². The van der Waals surface area contributed by atoms with E-state index in [4.69, 9.17) is 5.10 Å². The van der Waals surface area contributed by atoms with Crippen molar-refractivity contribution in [1.29, 1.82) is 0 Å². The lowest BCUT2D eigenvalue weighted by Crippen LogP contribution is -2.32. The fourth-order valence-electron chi connectivity index (χ4n) is 3.95. The number of nitrogens with one attached hydrogen (secondary N) is 1. The summed E-state index contributed by atoms with van der Waals surface area (Å²) in [7, 11) is 0. The summed E-state index contributed by atoms with van der Waals surface area (Å²) in [6, 6.07) is 8.47. The molecule has 128 valence electrons. The molecule has 0 saturated carbocycles. The molecule has 0 fully saturated rings. The molecule has 1 aromatic carbocycles. The van der Waals surface area contributed by atoms with Crippen molar-refractivity contribution in [1.82, 2.24) is 9.78 Å². The Labute approximate surface area is 150 Å². The second-order valence-electron chi connectivity index (χ2n) is 6.37. The number of hydrogen-bond acceptors (Lipinski definition) is 2. The van der Waals surface area contributed by atoms with E-state index in [1.54, 1.807) is 0 Å². The second kappa shape index (κ2) is 6.98. The Bertz CT molecular complexity index is 816. The Kier molecular flexibility index (Phi) is 4.75. The maximum Gasteiger partial charge on any atom is 0.133 e. The van der Waals surface area contributed by atoms with Crippen LogP contribution in [-0.4, -0.2) is 9.78 Å². The van der Waals surface area contributed by atoms with Gasteiger partial charge in [0.25, 0.3) is 0 Å². The molecular weight excluding hydrogens is 306 g/mol. The predicted molar refractivity (Wildman–Crippen MR) is 106 cm³/mol. The minimum absolute atomic E-state index is 0.210. The van der Waals surface area contributed by atoms with Crippen LogP contribution >= 0.6 is 0 Å². The average molecular weight is 331 g/mol. The van der Waals surface area contributed by atoms with Crippen LogP contribution in [0.1, 0.15) is 29.7 Å². The number of benzene rings is 1. The van der Waals surface area contributed by atoms with Crippen molar-refractivity contribution in [2.24, 2.45) is 0 Å². The average Bonchev–Trinajstić information content (AvgIpc) is 2.94. The molecule has 0 saturated heterocycles. The van der Waals surface area contributed by atoms with Crippen LogP contribution in [0.15, 0.2) is 74.9 Å². The van der Waals surface area contributed by atoms with Crippen LogP contribution in [-0.2, 0) is 18.4 Å². The zero-order chi connectivity index (χ0) is 17.9. The molecule has 0 atom stereocenters. The smallest absolute Gasteiger partial charge is 0.133 e. The van der Waals surface area contributed by atoms with Gasteiger partial charge in [0, 0.05) is 23.1 Å². The van der Waals surface area contributed by atoms with E-state index >= 15 is 0 Å². The van der Waals surface area contributed by atoms with Crippen molar-refractivity contribution in [2.45, 2.75) is 31.2 Å². The summed E-state index contributed by atoms with van der Waals surface area (Å²) in [6.45, 7) is 16.5. The second-order valence-corrected chi connectivity index (χ2v) is 6.37. The Hall–Kier alpha value is -2.81. The first kappa shape index (κ1) is 17.0. The maximum absolute atomic E-state index is 4.86. The lowest BCUT2D eigenvalue weighted by atomic mass is 9.67. The maximum atomic E-state index is 4.86. The highest BCUT2D eigenvalue weighted by Gasteiger charge is 2.43. The monoisotopic (exact) mass is 331 g/mol. The molecule has 0 radical (unpaired) electrons. The Morgan fingerprint density at radius 2 is 1.72 bits per heavy atom. The molecule has 3 nitrogen and oxygen atoms in total. The fourth-order valence-corrected chi connectivity index (χ4v) is 3.95. The normalized spacial score (nSPS) is 13.9. The molecule has 0 aliphatic carbocycles. The van der Waals surface area contributed by atoms with Crippen molar-refractivity contribution in [2.75, 3.05) is 5.32 Å². The number of anilines is 2. The van der Waals surface area contributed by atoms with E-state index in [1.807, 2.05) is 29.0 Å². The molecule has 3 heteroatoms. The molecule has 0 spiro atoms. The van der Waals surface area contributed by atoms with Gasteiger partial charge in [-0.25, -0.2) is 4.68 Å². The number of para-hydroxylation sites is 1. The van der Waals surface area contributed by atoms with Gasteiger partial charge in [0.05, 0.1) is 12.2 Å². The van der Waals surface area contributed by atoms with Gasteiger partial charge in [-0.05, 0) is 24.5 Å². The minimum atomic E-state index is -0.210. The number of rotatable bonds is 8. The summed E-state index contributed by atoms with van der Waals surface area (Å²) in [4.78, 5) is 0. The van der Waals surface area contributed by atoms with Crippen molar-refractivity contribution in [3.63, 3.8) is 0 Å². The Morgan fingerprint density at radius 3 is 2.36 bits per heavy atom. The van der Waals surface area contributed by atoms with Crippen molar-refractivity contribution >= 4 is 11.5 Å². The van der Waals surface area contributed by atoms with Crippen LogP contribution in [0.25, 0.3) is 0 Å². The van der Waals surface area contributed by atoms with E-state index < -0.39 is 0 Å². The van der Waals surface area contributed by atoms with Gasteiger partial charge >= 0.3 is 0 Å². The largest absolute Gasteiger partial charge is 0.340 e. The van der Waals surface area contributed by atoms with Gasteiger partial charge in [0.1, 0.15) is 5.82 Å². The summed E-state index contributed by atoms with van der Waals surface area (Å²) in [5.74, 6) is 1.04. The summed E-state index contributed by atoms with van der Waals surface area (Å²) in [5, 5.41) is 8.45. The molecule has 2 aromatic rings. The minimum Gasteiger partial charge on any atom is -0.340 e. The first-order valence-corrected chi connectivity index (χ1v) is 8.62. The molecule has 2 heterocycles. The molecule has 1 aliphatic heterocycles. The predicted octanol–water partition coefficient (Wildman–Crippen LogP) is 5.29. The quantitative estimate of drug-likeness (QED) is 0.666. The summed E-state index contributed by atoms with van der Waals surface area (Å²) < 4.78 is 2.00. The van der Waals surface area contributed by atoms with Crippen LogP contribution in [0.5, 0.6) is 0 Å². The van der Waals surface area contributed by atoms with E-state index in [1.165, 1.54) is 11.1 Å². The van der Waals surface area contributed by atoms with E-state index in [2.05, 4.69) is 55.9 Å². The summed E-state index contributed by atoms with van der Waals surface area (Å²) in [5.41, 5.74) is 4.46. The number of nitrogens with zero attached hydrogens (tertiary/aromatic N) is 2. The van der Waals surface area contributed by atoms with Crippen LogP contribution in [0.4, 0.5) is 11.5 Å². The SMILES string of the molecule is C=CCc1nn(CC=C)c2c1C(CC=C)(CC=C)c1ccccc1N2. The molecule has 0 bridgehead atoms. The number of allylic oxidation sites excluding steroid dienone is 4. The van der Waals surface area contributed by atoms with Gasteiger partial charge < -0.3 is 5.32 Å². The van der Waals surface area contributed by atoms with Crippen molar-refractivity contribution in [3.8, 4) is 0 Å². The molecule has 0 unspecified atom stereocenters. The summed E-state index contributed by atoms with van der Waals surface area (Å²) in [6.07, 6.45) is 10.2. The third-order valence-corrected chi connectivity index (χ3v) is 4.82. The molecule has 1 aromatic heterocycles. The highest BCUT2D eigenvalue weighted by Crippen LogP contribution is 2.51. The molecule has 25 heavy (non-hydrogen) atoms. The van der Waals surface area contributed by atoms with Gasteiger partial charge in [-0.15, -0.1) is 26.3 Å². The first-order valence-electron chi connectivity index (χ1n) is 8.62. The van der Waals surface area contributed by atoms with Gasteiger partial charge in [0.2, 0.25) is 0 Å². The first-order chi connectivity index (χ1) is 12.2. The lowest BCUT2D eigenvalue weighted by Gasteiger charge is -2.39. The molecule has 3 rings (SSSR count). The van der Waals surface area contributed by atoms with Crippen LogP contribution in [0.3, 0.4) is 0 Å². The van der Waals surface area contributed by atoms with E-state index in [0.717, 1.165) is 36.5 Å². The van der Waals surface area contributed by atoms with Crippen LogP contribution in [0.2, 0.25) is 0 Å². The fraction of sp³-hybridized carbons (Fsp3) is 0.227. The van der Waals surface area contributed by atoms with E-state index in [0.29, 0.717) is 6.54 Å². The third kappa shape index (κ3) is 2.66. The van der Waals surface area contributed by atoms with Gasteiger partial charge in [0.15, 0.2) is 0 Å². The Morgan fingerprint density at radius 1 is 1.00 bits per heavy atom. The molecule has 1 N–H and O–H groups in total. The zero-order valence-electron chi connectivity index (χ0n) is 14.7. The zero-order valence-corrected chi connectivity index (χ0v) is 14.7. The highest BCUT2D eigenvalue weighted by atomic mass is 15.3. The van der Waals surface area contributed by atoms with Gasteiger partial charge in [-0.2, -0.15) is 5.10 Å². The highest BCUT2D eigenvalue weighted by molar-refractivity contribution is 5.75. The Balaban J connectivity index is 2.35. The standard InChI is InChI=1S/C22H25N3/c1-5-11-19-20-21(25(24-19)16-8-4)23-18-13-10-9-12-17(18)22(20,14-6-2)15-7-3/h5-10,12-13,23H,1-4,11,14-16H2. The van der Waals surface area contributed by atoms with Gasteiger partial charge in [-0.1, -0.05) is 42.5 Å². The number of aromatic nitrogens is 2. The topological polar surface area (TPSA) is 29.9 Å². The van der Waals surface area contributed by atoms with Gasteiger partial charge in [-0.3, -0.25) is 0 Å². The van der Waals surface area contributed by atoms with E-state index in [-0.39, 0.29) is 5.41 Å². The van der Waals surface area contributed by atoms with Crippen LogP contribution in [0, 0.1) is 0 Å². The third-order valence-electron chi connectivity index (χ3n) is 4.82. The molecule has 1 aliphatic rings. The molecular formula is C22H25N3. The van der Waals surface area contributed by atoms with Crippen molar-refractivity contribution in [3.05, 3.63) is 91.7 Å². The summed E-state index contributed by atoms with van der Waals surface area (Å²) >= 11 is 0. The number of fused-ring (bicyclic) bond motifs is 2. The van der Waals surface area contributed by atoms with Crippen LogP contribution < -0.4 is 5.32 Å².